The number of halogens is 1. The lowest BCUT2D eigenvalue weighted by Gasteiger charge is -2.37. The quantitative estimate of drug-likeness (QED) is 0.721. The van der Waals surface area contributed by atoms with Crippen molar-refractivity contribution in [2.45, 2.75) is 89.0 Å². The molecule has 148 valence electrons. The highest BCUT2D eigenvalue weighted by atomic mass is 19.1. The fourth-order valence-corrected chi connectivity index (χ4v) is 6.20. The van der Waals surface area contributed by atoms with Crippen molar-refractivity contribution in [1.82, 2.24) is 16.0 Å². The zero-order chi connectivity index (χ0) is 18.1. The van der Waals surface area contributed by atoms with Crippen LogP contribution in [-0.2, 0) is 4.79 Å². The van der Waals surface area contributed by atoms with Gasteiger partial charge in [-0.25, -0.2) is 4.39 Å². The molecule has 4 fully saturated rings. The molecule has 0 aromatic heterocycles. The average molecular weight is 366 g/mol. The van der Waals surface area contributed by atoms with Crippen LogP contribution in [0.25, 0.3) is 0 Å². The van der Waals surface area contributed by atoms with E-state index in [0.717, 1.165) is 44.2 Å². The number of amides is 1. The third-order valence-corrected chi connectivity index (χ3v) is 7.77. The number of hydrogen-bond donors (Lipinski definition) is 3. The number of hydrogen-bond acceptors (Lipinski definition) is 3. The van der Waals surface area contributed by atoms with Gasteiger partial charge in [0.05, 0.1) is 6.04 Å². The van der Waals surface area contributed by atoms with E-state index in [9.17, 15) is 9.18 Å². The summed E-state index contributed by atoms with van der Waals surface area (Å²) >= 11 is 0. The number of piperidine rings is 1. The molecule has 4 nitrogen and oxygen atoms in total. The number of rotatable bonds is 3. The van der Waals surface area contributed by atoms with Gasteiger partial charge in [0.2, 0.25) is 5.91 Å². The van der Waals surface area contributed by atoms with Crippen molar-refractivity contribution < 1.29 is 9.18 Å². The molecular formula is C21H36FN3O. The van der Waals surface area contributed by atoms with Gasteiger partial charge in [-0.05, 0) is 75.8 Å². The molecular weight excluding hydrogens is 329 g/mol. The molecule has 0 radical (unpaired) electrons. The van der Waals surface area contributed by atoms with E-state index in [1.165, 1.54) is 25.7 Å². The van der Waals surface area contributed by atoms with Crippen LogP contribution in [0.3, 0.4) is 0 Å². The van der Waals surface area contributed by atoms with Crippen molar-refractivity contribution in [2.24, 2.45) is 23.7 Å². The summed E-state index contributed by atoms with van der Waals surface area (Å²) in [6.45, 7) is 4.49. The minimum atomic E-state index is -0.736. The summed E-state index contributed by atoms with van der Waals surface area (Å²) in [6.07, 6.45) is 8.91. The smallest absolute Gasteiger partial charge is 0.237 e. The highest BCUT2D eigenvalue weighted by molar-refractivity contribution is 5.82. The van der Waals surface area contributed by atoms with Crippen molar-refractivity contribution in [3.05, 3.63) is 0 Å². The van der Waals surface area contributed by atoms with Crippen LogP contribution in [0.5, 0.6) is 0 Å². The van der Waals surface area contributed by atoms with E-state index >= 15 is 0 Å². The predicted molar refractivity (Wildman–Crippen MR) is 102 cm³/mol. The van der Waals surface area contributed by atoms with E-state index < -0.39 is 6.17 Å². The van der Waals surface area contributed by atoms with Crippen molar-refractivity contribution in [3.63, 3.8) is 0 Å². The molecule has 3 N–H and O–H groups in total. The summed E-state index contributed by atoms with van der Waals surface area (Å²) in [5, 5.41) is 10.3. The largest absolute Gasteiger partial charge is 0.352 e. The van der Waals surface area contributed by atoms with Crippen LogP contribution in [0.4, 0.5) is 4.39 Å². The second-order valence-corrected chi connectivity index (χ2v) is 9.43. The Balaban J connectivity index is 1.30. The molecule has 0 spiro atoms. The van der Waals surface area contributed by atoms with Gasteiger partial charge in [-0.3, -0.25) is 4.79 Å². The van der Waals surface area contributed by atoms with Crippen LogP contribution in [-0.4, -0.2) is 43.3 Å². The van der Waals surface area contributed by atoms with E-state index in [0.29, 0.717) is 24.8 Å². The van der Waals surface area contributed by atoms with E-state index in [2.05, 4.69) is 22.9 Å². The number of fused-ring (bicyclic) bond motifs is 1. The molecule has 4 rings (SSSR count). The summed E-state index contributed by atoms with van der Waals surface area (Å²) < 4.78 is 14.3. The summed E-state index contributed by atoms with van der Waals surface area (Å²) in [6, 6.07) is 0.311. The Morgan fingerprint density at radius 2 is 1.81 bits per heavy atom. The molecule has 2 aliphatic heterocycles. The molecule has 26 heavy (non-hydrogen) atoms. The first kappa shape index (κ1) is 18.7. The van der Waals surface area contributed by atoms with Crippen LogP contribution in [0.15, 0.2) is 0 Å². The van der Waals surface area contributed by atoms with Gasteiger partial charge in [-0.15, -0.1) is 0 Å². The number of nitrogens with one attached hydrogen (secondary N) is 3. The van der Waals surface area contributed by atoms with Crippen molar-refractivity contribution >= 4 is 5.91 Å². The Bertz CT molecular complexity index is 478. The SMILES string of the molecule is CC1CCC(F)C2CC(C(=O)N[C@H]3CCC[C@H](C4CCNCC4)C3)NC12. The van der Waals surface area contributed by atoms with Gasteiger partial charge in [-0.1, -0.05) is 19.8 Å². The molecule has 4 aliphatic rings. The Morgan fingerprint density at radius 3 is 2.58 bits per heavy atom. The molecule has 5 unspecified atom stereocenters. The maximum Gasteiger partial charge on any atom is 0.237 e. The Labute approximate surface area is 157 Å². The minimum Gasteiger partial charge on any atom is -0.352 e. The third-order valence-electron chi connectivity index (χ3n) is 7.77. The van der Waals surface area contributed by atoms with Crippen LogP contribution >= 0.6 is 0 Å². The van der Waals surface area contributed by atoms with Gasteiger partial charge in [-0.2, -0.15) is 0 Å². The zero-order valence-corrected chi connectivity index (χ0v) is 16.2. The van der Waals surface area contributed by atoms with Crippen molar-refractivity contribution in [2.75, 3.05) is 13.1 Å². The molecule has 1 amide bonds. The standard InChI is InChI=1S/C21H36FN3O/c1-13-5-6-18(22)17-12-19(25-20(13)17)21(26)24-16-4-2-3-15(11-16)14-7-9-23-10-8-14/h13-20,23,25H,2-12H2,1H3,(H,24,26)/t13?,15-,16-,17?,18?,19?,20?/m0/s1. The molecule has 2 saturated heterocycles. The maximum atomic E-state index is 14.3. The Hall–Kier alpha value is -0.680. The number of alkyl halides is 1. The van der Waals surface area contributed by atoms with E-state index in [-0.39, 0.29) is 23.9 Å². The third kappa shape index (κ3) is 3.94. The van der Waals surface area contributed by atoms with Crippen LogP contribution in [0, 0.1) is 23.7 Å². The molecule has 2 heterocycles. The normalized spacial score (nSPS) is 44.5. The highest BCUT2D eigenvalue weighted by Gasteiger charge is 2.46. The monoisotopic (exact) mass is 365 g/mol. The highest BCUT2D eigenvalue weighted by Crippen LogP contribution is 2.39. The lowest BCUT2D eigenvalue weighted by atomic mass is 9.74. The minimum absolute atomic E-state index is 0.0309. The second kappa shape index (κ2) is 8.14. The summed E-state index contributed by atoms with van der Waals surface area (Å²) in [7, 11) is 0. The molecule has 0 aromatic carbocycles. The molecule has 2 aliphatic carbocycles. The fourth-order valence-electron chi connectivity index (χ4n) is 6.20. The van der Waals surface area contributed by atoms with Gasteiger partial charge >= 0.3 is 0 Å². The van der Waals surface area contributed by atoms with E-state index in [1.807, 2.05) is 0 Å². The van der Waals surface area contributed by atoms with Gasteiger partial charge in [0, 0.05) is 18.0 Å². The lowest BCUT2D eigenvalue weighted by molar-refractivity contribution is -0.124. The van der Waals surface area contributed by atoms with E-state index in [4.69, 9.17) is 0 Å². The van der Waals surface area contributed by atoms with Crippen molar-refractivity contribution in [1.29, 1.82) is 0 Å². The Morgan fingerprint density at radius 1 is 1.00 bits per heavy atom. The second-order valence-electron chi connectivity index (χ2n) is 9.43. The number of carbonyl (C=O) groups excluding carboxylic acids is 1. The fraction of sp³-hybridized carbons (Fsp3) is 0.952. The molecule has 0 aromatic rings. The summed E-state index contributed by atoms with van der Waals surface area (Å²) in [5.74, 6) is 2.23. The van der Waals surface area contributed by atoms with Crippen LogP contribution < -0.4 is 16.0 Å². The first-order chi connectivity index (χ1) is 12.6. The molecule has 5 heteroatoms. The van der Waals surface area contributed by atoms with Crippen molar-refractivity contribution in [3.8, 4) is 0 Å². The lowest BCUT2D eigenvalue weighted by Crippen LogP contribution is -2.49. The van der Waals surface area contributed by atoms with Gasteiger partial charge in [0.15, 0.2) is 0 Å². The summed E-state index contributed by atoms with van der Waals surface area (Å²) in [4.78, 5) is 12.8. The maximum absolute atomic E-state index is 14.3. The van der Waals surface area contributed by atoms with Gasteiger partial charge < -0.3 is 16.0 Å². The Kier molecular flexibility index (Phi) is 5.84. The number of carbonyl (C=O) groups is 1. The molecule has 7 atom stereocenters. The first-order valence-electron chi connectivity index (χ1n) is 11.0. The van der Waals surface area contributed by atoms with Gasteiger partial charge in [0.1, 0.15) is 6.17 Å². The van der Waals surface area contributed by atoms with Gasteiger partial charge in [0.25, 0.3) is 0 Å². The average Bonchev–Trinajstić information content (AvgIpc) is 3.13. The molecule has 2 saturated carbocycles. The van der Waals surface area contributed by atoms with Crippen LogP contribution in [0.1, 0.15) is 64.7 Å². The summed E-state index contributed by atoms with van der Waals surface area (Å²) in [5.41, 5.74) is 0. The van der Waals surface area contributed by atoms with Crippen LogP contribution in [0.2, 0.25) is 0 Å². The van der Waals surface area contributed by atoms with E-state index in [1.54, 1.807) is 0 Å². The zero-order valence-electron chi connectivity index (χ0n) is 16.2. The first-order valence-corrected chi connectivity index (χ1v) is 11.0. The molecule has 0 bridgehead atoms. The predicted octanol–water partition coefficient (Wildman–Crippen LogP) is 2.78. The topological polar surface area (TPSA) is 53.2 Å².